The number of nitrogens with one attached hydrogen (secondary N) is 1. The zero-order valence-corrected chi connectivity index (χ0v) is 16.4. The number of halogens is 1. The van der Waals surface area contributed by atoms with Crippen LogP contribution in [-0.2, 0) is 4.79 Å². The van der Waals surface area contributed by atoms with E-state index in [4.69, 9.17) is 16.3 Å². The van der Waals surface area contributed by atoms with Gasteiger partial charge in [0.25, 0.3) is 0 Å². The van der Waals surface area contributed by atoms with Gasteiger partial charge in [0.2, 0.25) is 5.91 Å². The van der Waals surface area contributed by atoms with E-state index in [0.717, 1.165) is 29.1 Å². The van der Waals surface area contributed by atoms with Crippen LogP contribution in [-0.4, -0.2) is 18.3 Å². The summed E-state index contributed by atoms with van der Waals surface area (Å²) in [6, 6.07) is 15.4. The number of rotatable bonds is 8. The highest BCUT2D eigenvalue weighted by Crippen LogP contribution is 2.28. The van der Waals surface area contributed by atoms with Gasteiger partial charge in [0.1, 0.15) is 5.75 Å². The summed E-state index contributed by atoms with van der Waals surface area (Å²) in [6.07, 6.45) is 1.60. The minimum absolute atomic E-state index is 0.00160. The van der Waals surface area contributed by atoms with E-state index in [9.17, 15) is 4.79 Å². The first-order valence-corrected chi connectivity index (χ1v) is 9.69. The van der Waals surface area contributed by atoms with Crippen LogP contribution in [0.3, 0.4) is 0 Å². The molecule has 0 aromatic heterocycles. The lowest BCUT2D eigenvalue weighted by Gasteiger charge is -2.21. The Morgan fingerprint density at radius 2 is 1.72 bits per heavy atom. The molecule has 2 aromatic rings. The van der Waals surface area contributed by atoms with Gasteiger partial charge in [-0.3, -0.25) is 4.79 Å². The van der Waals surface area contributed by atoms with E-state index < -0.39 is 0 Å². The fourth-order valence-corrected chi connectivity index (χ4v) is 3.61. The summed E-state index contributed by atoms with van der Waals surface area (Å²) >= 11 is 7.49. The van der Waals surface area contributed by atoms with Gasteiger partial charge in [-0.2, -0.15) is 0 Å². The summed E-state index contributed by atoms with van der Waals surface area (Å²) in [7, 11) is 1.65. The first kappa shape index (κ1) is 19.7. The van der Waals surface area contributed by atoms with Crippen molar-refractivity contribution in [3.8, 4) is 5.75 Å². The van der Waals surface area contributed by atoms with Gasteiger partial charge >= 0.3 is 0 Å². The molecular weight excluding hydrogens is 354 g/mol. The van der Waals surface area contributed by atoms with Crippen molar-refractivity contribution in [1.82, 2.24) is 5.32 Å². The zero-order valence-electron chi connectivity index (χ0n) is 14.8. The van der Waals surface area contributed by atoms with Crippen LogP contribution in [0.15, 0.2) is 53.4 Å². The number of hydrogen-bond acceptors (Lipinski definition) is 3. The van der Waals surface area contributed by atoms with Crippen molar-refractivity contribution in [3.05, 3.63) is 59.1 Å². The highest BCUT2D eigenvalue weighted by molar-refractivity contribution is 8.00. The summed E-state index contributed by atoms with van der Waals surface area (Å²) in [5.74, 6) is 0.875. The Balaban J connectivity index is 2.03. The van der Waals surface area contributed by atoms with Gasteiger partial charge in [-0.15, -0.1) is 11.8 Å². The van der Waals surface area contributed by atoms with Gasteiger partial charge < -0.3 is 10.1 Å². The Hall–Kier alpha value is -1.65. The SMILES string of the molecule is CC[C@H](Sc1ccc(Cl)cc1)C(=O)N[C@@H](CC)c1ccc(OC)cc1. The standard InChI is InChI=1S/C20H24ClNO2S/c1-4-18(14-6-10-16(24-3)11-7-14)22-20(23)19(5-2)25-17-12-8-15(21)9-13-17/h6-13,18-19H,4-5H2,1-3H3,(H,22,23)/t18-,19-/m0/s1. The van der Waals surface area contributed by atoms with Crippen LogP contribution >= 0.6 is 23.4 Å². The van der Waals surface area contributed by atoms with Gasteiger partial charge in [-0.05, 0) is 54.8 Å². The molecule has 1 amide bonds. The van der Waals surface area contributed by atoms with Gasteiger partial charge in [-0.25, -0.2) is 0 Å². The van der Waals surface area contributed by atoms with Gasteiger partial charge in [0.15, 0.2) is 0 Å². The van der Waals surface area contributed by atoms with E-state index in [1.54, 1.807) is 18.9 Å². The molecule has 0 radical (unpaired) electrons. The van der Waals surface area contributed by atoms with Crippen molar-refractivity contribution in [1.29, 1.82) is 0 Å². The molecule has 0 bridgehead atoms. The molecule has 3 nitrogen and oxygen atoms in total. The lowest BCUT2D eigenvalue weighted by molar-refractivity contribution is -0.121. The zero-order chi connectivity index (χ0) is 18.2. The van der Waals surface area contributed by atoms with Crippen molar-refractivity contribution >= 4 is 29.3 Å². The number of methoxy groups -OCH3 is 1. The Kier molecular flexibility index (Phi) is 7.66. The topological polar surface area (TPSA) is 38.3 Å². The summed E-state index contributed by atoms with van der Waals surface area (Å²) < 4.78 is 5.19. The van der Waals surface area contributed by atoms with E-state index in [0.29, 0.717) is 5.02 Å². The predicted molar refractivity (Wildman–Crippen MR) is 106 cm³/mol. The molecular formula is C20H24ClNO2S. The lowest BCUT2D eigenvalue weighted by Crippen LogP contribution is -2.35. The van der Waals surface area contributed by atoms with Crippen LogP contribution in [0.25, 0.3) is 0 Å². The molecule has 25 heavy (non-hydrogen) atoms. The predicted octanol–water partition coefficient (Wildman–Crippen LogP) is 5.49. The molecule has 2 atom stereocenters. The van der Waals surface area contributed by atoms with E-state index in [1.807, 2.05) is 55.5 Å². The summed E-state index contributed by atoms with van der Waals surface area (Å²) in [5, 5.41) is 3.75. The quantitative estimate of drug-likeness (QED) is 0.618. The molecule has 0 spiro atoms. The van der Waals surface area contributed by atoms with E-state index in [1.165, 1.54) is 0 Å². The Morgan fingerprint density at radius 1 is 1.08 bits per heavy atom. The molecule has 134 valence electrons. The number of hydrogen-bond donors (Lipinski definition) is 1. The molecule has 0 fully saturated rings. The molecule has 0 unspecified atom stereocenters. The maximum atomic E-state index is 12.7. The van der Waals surface area contributed by atoms with Gasteiger partial charge in [0.05, 0.1) is 18.4 Å². The number of carbonyl (C=O) groups is 1. The minimum Gasteiger partial charge on any atom is -0.497 e. The fraction of sp³-hybridized carbons (Fsp3) is 0.350. The highest BCUT2D eigenvalue weighted by Gasteiger charge is 2.21. The number of thioether (sulfide) groups is 1. The lowest BCUT2D eigenvalue weighted by atomic mass is 10.0. The molecule has 5 heteroatoms. The molecule has 0 saturated heterocycles. The first-order chi connectivity index (χ1) is 12.1. The van der Waals surface area contributed by atoms with Crippen LogP contribution in [0.4, 0.5) is 0 Å². The van der Waals surface area contributed by atoms with Crippen LogP contribution in [0, 0.1) is 0 Å². The average molecular weight is 378 g/mol. The Bertz CT molecular complexity index is 673. The summed E-state index contributed by atoms with van der Waals surface area (Å²) in [4.78, 5) is 13.8. The first-order valence-electron chi connectivity index (χ1n) is 8.43. The van der Waals surface area contributed by atoms with Crippen molar-refractivity contribution < 1.29 is 9.53 Å². The smallest absolute Gasteiger partial charge is 0.233 e. The Labute approximate surface area is 159 Å². The average Bonchev–Trinajstić information content (AvgIpc) is 2.65. The second-order valence-corrected chi connectivity index (χ2v) is 7.42. The highest BCUT2D eigenvalue weighted by atomic mass is 35.5. The van der Waals surface area contributed by atoms with Crippen LogP contribution < -0.4 is 10.1 Å². The maximum Gasteiger partial charge on any atom is 0.233 e. The van der Waals surface area contributed by atoms with Crippen molar-refractivity contribution in [2.24, 2.45) is 0 Å². The van der Waals surface area contributed by atoms with Crippen LogP contribution in [0.2, 0.25) is 5.02 Å². The molecule has 0 heterocycles. The molecule has 0 saturated carbocycles. The normalized spacial score (nSPS) is 13.1. The fourth-order valence-electron chi connectivity index (χ4n) is 2.52. The van der Waals surface area contributed by atoms with Gasteiger partial charge in [-0.1, -0.05) is 37.6 Å². The Morgan fingerprint density at radius 3 is 2.24 bits per heavy atom. The monoisotopic (exact) mass is 377 g/mol. The molecule has 2 aromatic carbocycles. The van der Waals surface area contributed by atoms with Crippen LogP contribution in [0.1, 0.15) is 38.3 Å². The molecule has 2 rings (SSSR count). The van der Waals surface area contributed by atoms with Crippen molar-refractivity contribution in [2.75, 3.05) is 7.11 Å². The van der Waals surface area contributed by atoms with E-state index >= 15 is 0 Å². The third-order valence-corrected chi connectivity index (χ3v) is 5.63. The van der Waals surface area contributed by atoms with Crippen LogP contribution in [0.5, 0.6) is 5.75 Å². The minimum atomic E-state index is -0.131. The largest absolute Gasteiger partial charge is 0.497 e. The van der Waals surface area contributed by atoms with E-state index in [-0.39, 0.29) is 17.2 Å². The van der Waals surface area contributed by atoms with Gasteiger partial charge in [0, 0.05) is 9.92 Å². The van der Waals surface area contributed by atoms with E-state index in [2.05, 4.69) is 12.2 Å². The van der Waals surface area contributed by atoms with Crippen molar-refractivity contribution in [3.63, 3.8) is 0 Å². The molecule has 0 aliphatic carbocycles. The van der Waals surface area contributed by atoms with Crippen molar-refractivity contribution in [2.45, 2.75) is 42.9 Å². The number of carbonyl (C=O) groups excluding carboxylic acids is 1. The summed E-state index contributed by atoms with van der Waals surface area (Å²) in [6.45, 7) is 4.10. The third kappa shape index (κ3) is 5.68. The molecule has 0 aliphatic rings. The maximum absolute atomic E-state index is 12.7. The summed E-state index contributed by atoms with van der Waals surface area (Å²) in [5.41, 5.74) is 1.09. The second-order valence-electron chi connectivity index (χ2n) is 5.71. The third-order valence-electron chi connectivity index (χ3n) is 4.00. The second kappa shape index (κ2) is 9.73. The number of amides is 1. The number of ether oxygens (including phenoxy) is 1. The number of benzene rings is 2. The molecule has 0 aliphatic heterocycles. The molecule has 1 N–H and O–H groups in total.